The van der Waals surface area contributed by atoms with Crippen LogP contribution < -0.4 is 4.74 Å². The van der Waals surface area contributed by atoms with Crippen LogP contribution in [0.1, 0.15) is 5.56 Å². The summed E-state index contributed by atoms with van der Waals surface area (Å²) in [4.78, 5) is 7.77. The lowest BCUT2D eigenvalue weighted by Crippen LogP contribution is -1.86. The van der Waals surface area contributed by atoms with Gasteiger partial charge < -0.3 is 4.74 Å². The Balaban J connectivity index is 3.19. The maximum atomic E-state index is 5.04. The number of aromatic nitrogens is 1. The van der Waals surface area contributed by atoms with Crippen LogP contribution in [0.15, 0.2) is 17.3 Å². The van der Waals surface area contributed by atoms with Gasteiger partial charge >= 0.3 is 0 Å². The fraction of sp³-hybridized carbons (Fsp3) is 0.250. The Bertz CT molecular complexity index is 332. The van der Waals surface area contributed by atoms with Crippen molar-refractivity contribution >= 4 is 23.2 Å². The number of ether oxygens (including phenoxy) is 1. The van der Waals surface area contributed by atoms with Gasteiger partial charge in [-0.25, -0.2) is 4.98 Å². The first-order valence-electron chi connectivity index (χ1n) is 3.36. The second kappa shape index (κ2) is 3.95. The van der Waals surface area contributed by atoms with E-state index in [1.807, 2.05) is 13.0 Å². The highest BCUT2D eigenvalue weighted by Gasteiger charge is 2.01. The van der Waals surface area contributed by atoms with Gasteiger partial charge in [0.15, 0.2) is 5.75 Å². The van der Waals surface area contributed by atoms with Crippen molar-refractivity contribution in [3.05, 3.63) is 17.8 Å². The predicted molar refractivity (Wildman–Crippen MR) is 50.2 cm³/mol. The van der Waals surface area contributed by atoms with Crippen LogP contribution in [0.2, 0.25) is 0 Å². The third-order valence-electron chi connectivity index (χ3n) is 1.34. The second-order valence-electron chi connectivity index (χ2n) is 2.24. The lowest BCUT2D eigenvalue weighted by molar-refractivity contribution is 0.414. The molecule has 0 aliphatic carbocycles. The molecule has 1 aromatic rings. The molecule has 1 heterocycles. The molecule has 0 radical (unpaired) electrons. The van der Waals surface area contributed by atoms with E-state index in [0.29, 0.717) is 11.6 Å². The van der Waals surface area contributed by atoms with Crippen molar-refractivity contribution in [3.8, 4) is 5.75 Å². The number of hydrogen-bond acceptors (Lipinski definition) is 4. The summed E-state index contributed by atoms with van der Waals surface area (Å²) in [7, 11) is 1.57. The van der Waals surface area contributed by atoms with Gasteiger partial charge in [-0.3, -0.25) is 0 Å². The van der Waals surface area contributed by atoms with Crippen LogP contribution in [0.3, 0.4) is 0 Å². The van der Waals surface area contributed by atoms with E-state index in [-0.39, 0.29) is 0 Å². The van der Waals surface area contributed by atoms with Gasteiger partial charge in [0, 0.05) is 6.20 Å². The average Bonchev–Trinajstić information content (AvgIpc) is 2.08. The quantitative estimate of drug-likeness (QED) is 0.516. The van der Waals surface area contributed by atoms with Crippen LogP contribution in [0, 0.1) is 6.92 Å². The number of thiocarbonyl (C=S) groups is 1. The van der Waals surface area contributed by atoms with E-state index in [1.54, 1.807) is 13.3 Å². The third-order valence-corrected chi connectivity index (χ3v) is 1.43. The summed E-state index contributed by atoms with van der Waals surface area (Å²) in [6, 6.07) is 1.85. The minimum absolute atomic E-state index is 0.470. The zero-order valence-electron chi connectivity index (χ0n) is 6.87. The van der Waals surface area contributed by atoms with E-state index in [2.05, 4.69) is 27.4 Å². The minimum atomic E-state index is 0.470. The Morgan fingerprint density at radius 2 is 2.42 bits per heavy atom. The summed E-state index contributed by atoms with van der Waals surface area (Å²) in [6.45, 7) is 1.93. The van der Waals surface area contributed by atoms with Gasteiger partial charge in [-0.15, -0.1) is 0 Å². The first kappa shape index (κ1) is 8.84. The highest BCUT2D eigenvalue weighted by molar-refractivity contribution is 7.78. The lowest BCUT2D eigenvalue weighted by atomic mass is 10.3. The summed E-state index contributed by atoms with van der Waals surface area (Å²) >= 11 is 4.46. The molecule has 0 N–H and O–H groups in total. The summed E-state index contributed by atoms with van der Waals surface area (Å²) in [5.74, 6) is 1.09. The highest BCUT2D eigenvalue weighted by atomic mass is 32.1. The number of aryl methyl sites for hydroxylation is 1. The van der Waals surface area contributed by atoms with Gasteiger partial charge in [-0.05, 0) is 30.8 Å². The number of methoxy groups -OCH3 is 1. The molecule has 0 unspecified atom stereocenters. The van der Waals surface area contributed by atoms with Crippen LogP contribution in [-0.2, 0) is 0 Å². The van der Waals surface area contributed by atoms with Crippen LogP contribution in [0.5, 0.6) is 5.75 Å². The largest absolute Gasteiger partial charge is 0.493 e. The molecule has 0 aromatic carbocycles. The van der Waals surface area contributed by atoms with Crippen LogP contribution >= 0.6 is 12.2 Å². The number of nitrogens with zero attached hydrogens (tertiary/aromatic N) is 2. The van der Waals surface area contributed by atoms with Crippen LogP contribution in [0.25, 0.3) is 0 Å². The average molecular weight is 180 g/mol. The summed E-state index contributed by atoms with van der Waals surface area (Å²) < 4.78 is 5.04. The standard InChI is InChI=1S/C8H8N2OS/c1-6-3-7(11-2)8(9-4-6)10-5-12/h3-4H,1-2H3. The van der Waals surface area contributed by atoms with Gasteiger partial charge in [-0.2, -0.15) is 4.99 Å². The monoisotopic (exact) mass is 180 g/mol. The zero-order chi connectivity index (χ0) is 8.97. The molecule has 0 aliphatic rings. The number of aliphatic imine (C=N–C) groups is 1. The van der Waals surface area contributed by atoms with E-state index < -0.39 is 0 Å². The fourth-order valence-corrected chi connectivity index (χ4v) is 0.899. The van der Waals surface area contributed by atoms with Crippen molar-refractivity contribution in [2.24, 2.45) is 4.99 Å². The van der Waals surface area contributed by atoms with E-state index >= 15 is 0 Å². The first-order valence-corrected chi connectivity index (χ1v) is 3.77. The molecule has 0 saturated heterocycles. The van der Waals surface area contributed by atoms with E-state index in [1.165, 1.54) is 0 Å². The maximum Gasteiger partial charge on any atom is 0.204 e. The number of rotatable bonds is 2. The van der Waals surface area contributed by atoms with Crippen molar-refractivity contribution in [1.29, 1.82) is 0 Å². The maximum absolute atomic E-state index is 5.04. The molecule has 1 rings (SSSR count). The molecule has 0 amide bonds. The van der Waals surface area contributed by atoms with E-state index in [4.69, 9.17) is 4.74 Å². The summed E-state index contributed by atoms with van der Waals surface area (Å²) in [5.41, 5.74) is 1.02. The molecule has 4 heteroatoms. The second-order valence-corrected chi connectivity index (χ2v) is 2.42. The molecular formula is C8H8N2OS. The smallest absolute Gasteiger partial charge is 0.204 e. The SMILES string of the molecule is COc1cc(C)cnc1N=C=S. The van der Waals surface area contributed by atoms with Crippen molar-refractivity contribution in [2.45, 2.75) is 6.92 Å². The van der Waals surface area contributed by atoms with E-state index in [0.717, 1.165) is 5.56 Å². The number of pyridine rings is 1. The van der Waals surface area contributed by atoms with Crippen molar-refractivity contribution in [3.63, 3.8) is 0 Å². The normalized spacial score (nSPS) is 8.83. The van der Waals surface area contributed by atoms with Gasteiger partial charge in [0.1, 0.15) is 0 Å². The molecule has 0 fully saturated rings. The Hall–Kier alpha value is -1.25. The lowest BCUT2D eigenvalue weighted by Gasteiger charge is -2.01. The topological polar surface area (TPSA) is 34.5 Å². The highest BCUT2D eigenvalue weighted by Crippen LogP contribution is 2.24. The molecular weight excluding hydrogens is 172 g/mol. The fourth-order valence-electron chi connectivity index (χ4n) is 0.813. The Labute approximate surface area is 76.1 Å². The zero-order valence-corrected chi connectivity index (χ0v) is 7.68. The van der Waals surface area contributed by atoms with Crippen LogP contribution in [-0.4, -0.2) is 17.3 Å². The summed E-state index contributed by atoms with van der Waals surface area (Å²) in [5, 5.41) is 2.24. The molecule has 0 bridgehead atoms. The molecule has 0 spiro atoms. The predicted octanol–water partition coefficient (Wildman–Crippen LogP) is 2.13. The van der Waals surface area contributed by atoms with Gasteiger partial charge in [0.25, 0.3) is 0 Å². The van der Waals surface area contributed by atoms with Gasteiger partial charge in [0.2, 0.25) is 5.82 Å². The minimum Gasteiger partial charge on any atom is -0.493 e. The molecule has 1 aromatic heterocycles. The van der Waals surface area contributed by atoms with E-state index in [9.17, 15) is 0 Å². The van der Waals surface area contributed by atoms with Crippen molar-refractivity contribution in [2.75, 3.05) is 7.11 Å². The first-order chi connectivity index (χ1) is 5.77. The molecule has 0 saturated carbocycles. The molecule has 12 heavy (non-hydrogen) atoms. The van der Waals surface area contributed by atoms with Crippen LogP contribution in [0.4, 0.5) is 5.82 Å². The third kappa shape index (κ3) is 1.87. The molecule has 0 atom stereocenters. The Morgan fingerprint density at radius 1 is 1.67 bits per heavy atom. The summed E-state index contributed by atoms with van der Waals surface area (Å²) in [6.07, 6.45) is 1.70. The van der Waals surface area contributed by atoms with Gasteiger partial charge in [0.05, 0.1) is 12.3 Å². The molecule has 3 nitrogen and oxygen atoms in total. The number of isothiocyanates is 1. The van der Waals surface area contributed by atoms with Crippen molar-refractivity contribution < 1.29 is 4.74 Å². The molecule has 0 aliphatic heterocycles. The molecule has 62 valence electrons. The van der Waals surface area contributed by atoms with Crippen molar-refractivity contribution in [1.82, 2.24) is 4.98 Å². The number of hydrogen-bond donors (Lipinski definition) is 0. The Morgan fingerprint density at radius 3 is 3.00 bits per heavy atom. The van der Waals surface area contributed by atoms with Gasteiger partial charge in [-0.1, -0.05) is 0 Å². The Kier molecular flexibility index (Phi) is 2.91.